The smallest absolute Gasteiger partial charge is 0.342 e. The quantitative estimate of drug-likeness (QED) is 0.498. The maximum Gasteiger partial charge on any atom is 0.342 e. The number of ether oxygens (including phenoxy) is 2. The third kappa shape index (κ3) is 3.18. The van der Waals surface area contributed by atoms with Crippen molar-refractivity contribution in [2.45, 2.75) is 13.3 Å². The molecule has 8 nitrogen and oxygen atoms in total. The first-order valence-corrected chi connectivity index (χ1v) is 7.66. The molecule has 0 aliphatic carbocycles. The van der Waals surface area contributed by atoms with Gasteiger partial charge in [0.25, 0.3) is 5.78 Å². The molecule has 128 valence electrons. The number of para-hydroxylation sites is 1. The summed E-state index contributed by atoms with van der Waals surface area (Å²) >= 11 is 0. The number of hydrogen-bond donors (Lipinski definition) is 0. The lowest BCUT2D eigenvalue weighted by atomic mass is 10.1. The Bertz CT molecular complexity index is 935. The Morgan fingerprint density at radius 2 is 1.96 bits per heavy atom. The van der Waals surface area contributed by atoms with Crippen molar-refractivity contribution < 1.29 is 19.1 Å². The highest BCUT2D eigenvalue weighted by molar-refractivity contribution is 6.01. The van der Waals surface area contributed by atoms with Gasteiger partial charge >= 0.3 is 5.97 Å². The minimum atomic E-state index is -0.634. The first kappa shape index (κ1) is 16.6. The zero-order valence-electron chi connectivity index (χ0n) is 13.8. The van der Waals surface area contributed by atoms with Gasteiger partial charge in [-0.1, -0.05) is 19.1 Å². The van der Waals surface area contributed by atoms with Gasteiger partial charge in [0, 0.05) is 6.20 Å². The van der Waals surface area contributed by atoms with Gasteiger partial charge in [0.2, 0.25) is 5.78 Å². The molecule has 0 radical (unpaired) electrons. The second-order valence-corrected chi connectivity index (χ2v) is 5.14. The van der Waals surface area contributed by atoms with Crippen LogP contribution in [0.1, 0.15) is 33.3 Å². The average Bonchev–Trinajstić information content (AvgIpc) is 3.13. The lowest BCUT2D eigenvalue weighted by Gasteiger charge is -2.10. The van der Waals surface area contributed by atoms with E-state index in [1.54, 1.807) is 24.3 Å². The van der Waals surface area contributed by atoms with E-state index in [1.807, 2.05) is 6.92 Å². The monoisotopic (exact) mass is 340 g/mol. The molecule has 0 aliphatic rings. The number of benzene rings is 1. The predicted molar refractivity (Wildman–Crippen MR) is 87.8 cm³/mol. The number of ketones is 1. The summed E-state index contributed by atoms with van der Waals surface area (Å²) in [6.07, 6.45) is 3.29. The molecule has 0 saturated carbocycles. The van der Waals surface area contributed by atoms with Crippen LogP contribution in [0.15, 0.2) is 36.8 Å². The van der Waals surface area contributed by atoms with E-state index in [-0.39, 0.29) is 11.3 Å². The third-order valence-electron chi connectivity index (χ3n) is 3.70. The molecule has 0 bridgehead atoms. The molecular weight excluding hydrogens is 324 g/mol. The Morgan fingerprint density at radius 3 is 2.72 bits per heavy atom. The van der Waals surface area contributed by atoms with E-state index in [4.69, 9.17) is 9.47 Å². The lowest BCUT2D eigenvalue weighted by molar-refractivity contribution is 0.0471. The van der Waals surface area contributed by atoms with Crippen molar-refractivity contribution in [3.8, 4) is 5.75 Å². The molecule has 3 rings (SSSR count). The molecule has 0 aliphatic heterocycles. The molecule has 25 heavy (non-hydrogen) atoms. The number of methoxy groups -OCH3 is 1. The number of fused-ring (bicyclic) bond motifs is 1. The van der Waals surface area contributed by atoms with E-state index < -0.39 is 12.6 Å². The number of esters is 1. The minimum Gasteiger partial charge on any atom is -0.496 e. The van der Waals surface area contributed by atoms with Crippen LogP contribution in [-0.4, -0.2) is 45.1 Å². The number of nitrogens with zero attached hydrogens (tertiary/aromatic N) is 4. The van der Waals surface area contributed by atoms with Crippen LogP contribution in [-0.2, 0) is 11.2 Å². The van der Waals surface area contributed by atoms with E-state index in [9.17, 15) is 9.59 Å². The molecule has 0 N–H and O–H groups in total. The average molecular weight is 340 g/mol. The maximum atomic E-state index is 12.4. The predicted octanol–water partition coefficient (Wildman–Crippen LogP) is 1.73. The van der Waals surface area contributed by atoms with Crippen molar-refractivity contribution in [3.63, 3.8) is 0 Å². The van der Waals surface area contributed by atoms with Gasteiger partial charge in [-0.15, -0.1) is 0 Å². The maximum absolute atomic E-state index is 12.4. The van der Waals surface area contributed by atoms with Gasteiger partial charge in [0.1, 0.15) is 12.1 Å². The van der Waals surface area contributed by atoms with Gasteiger partial charge in [0.15, 0.2) is 6.61 Å². The number of Topliss-reactive ketones (excluding diaryl/α,β-unsaturated/α-hetero) is 1. The number of rotatable bonds is 6. The van der Waals surface area contributed by atoms with Crippen LogP contribution >= 0.6 is 0 Å². The molecule has 1 aromatic carbocycles. The molecule has 0 unspecified atom stereocenters. The molecule has 2 heterocycles. The van der Waals surface area contributed by atoms with Gasteiger partial charge < -0.3 is 9.47 Å². The third-order valence-corrected chi connectivity index (χ3v) is 3.70. The molecule has 0 atom stereocenters. The molecule has 3 aromatic rings. The van der Waals surface area contributed by atoms with Gasteiger partial charge in [-0.25, -0.2) is 14.3 Å². The van der Waals surface area contributed by atoms with Gasteiger partial charge in [-0.2, -0.15) is 10.1 Å². The Hall–Kier alpha value is -3.29. The summed E-state index contributed by atoms with van der Waals surface area (Å²) in [5.41, 5.74) is 1.24. The van der Waals surface area contributed by atoms with Crippen LogP contribution in [0.25, 0.3) is 5.78 Å². The molecule has 0 amide bonds. The topological polar surface area (TPSA) is 95.7 Å². The fourth-order valence-electron chi connectivity index (χ4n) is 2.50. The van der Waals surface area contributed by atoms with E-state index in [0.29, 0.717) is 29.2 Å². The summed E-state index contributed by atoms with van der Waals surface area (Å²) in [6.45, 7) is 1.49. The number of aromatic nitrogens is 4. The van der Waals surface area contributed by atoms with Crippen LogP contribution < -0.4 is 4.74 Å². The second kappa shape index (κ2) is 7.08. The number of carbonyl (C=O) groups is 2. The van der Waals surface area contributed by atoms with Crippen molar-refractivity contribution in [2.24, 2.45) is 0 Å². The fourth-order valence-corrected chi connectivity index (χ4v) is 2.50. The van der Waals surface area contributed by atoms with Gasteiger partial charge in [-0.3, -0.25) is 4.79 Å². The number of carbonyl (C=O) groups excluding carboxylic acids is 2. The Kier molecular flexibility index (Phi) is 4.69. The largest absolute Gasteiger partial charge is 0.496 e. The molecule has 2 aromatic heterocycles. The molecule has 0 saturated heterocycles. The first-order chi connectivity index (χ1) is 12.2. The van der Waals surface area contributed by atoms with Crippen molar-refractivity contribution >= 4 is 17.5 Å². The number of aryl methyl sites for hydroxylation is 1. The van der Waals surface area contributed by atoms with Gasteiger partial charge in [0.05, 0.1) is 23.9 Å². The Morgan fingerprint density at radius 1 is 1.16 bits per heavy atom. The summed E-state index contributed by atoms with van der Waals surface area (Å²) in [5.74, 6) is -0.148. The summed E-state index contributed by atoms with van der Waals surface area (Å²) in [4.78, 5) is 32.7. The Labute approximate surface area is 143 Å². The van der Waals surface area contributed by atoms with Crippen LogP contribution in [0, 0.1) is 0 Å². The van der Waals surface area contributed by atoms with E-state index in [0.717, 1.165) is 0 Å². The second-order valence-electron chi connectivity index (χ2n) is 5.14. The normalized spacial score (nSPS) is 10.6. The summed E-state index contributed by atoms with van der Waals surface area (Å²) in [6, 6.07) is 6.77. The van der Waals surface area contributed by atoms with Crippen LogP contribution in [0.4, 0.5) is 0 Å². The highest BCUT2D eigenvalue weighted by atomic mass is 16.5. The highest BCUT2D eigenvalue weighted by Crippen LogP contribution is 2.18. The van der Waals surface area contributed by atoms with Crippen molar-refractivity contribution in [1.29, 1.82) is 0 Å². The standard InChI is InChI=1S/C17H16N4O4/c1-3-13-12(8-18-17-19-10-20-21(13)17)16(23)25-9-14(22)11-6-4-5-7-15(11)24-2/h4-8,10H,3,9H2,1-2H3. The molecular formula is C17H16N4O4. The van der Waals surface area contributed by atoms with E-state index in [1.165, 1.54) is 24.1 Å². The summed E-state index contributed by atoms with van der Waals surface area (Å²) in [7, 11) is 1.48. The zero-order chi connectivity index (χ0) is 17.8. The summed E-state index contributed by atoms with van der Waals surface area (Å²) < 4.78 is 11.8. The first-order valence-electron chi connectivity index (χ1n) is 7.66. The van der Waals surface area contributed by atoms with Crippen molar-refractivity contribution in [2.75, 3.05) is 13.7 Å². The Balaban J connectivity index is 1.78. The number of hydrogen-bond acceptors (Lipinski definition) is 7. The lowest BCUT2D eigenvalue weighted by Crippen LogP contribution is -2.18. The van der Waals surface area contributed by atoms with E-state index >= 15 is 0 Å². The van der Waals surface area contributed by atoms with Crippen LogP contribution in [0.2, 0.25) is 0 Å². The van der Waals surface area contributed by atoms with Crippen LogP contribution in [0.3, 0.4) is 0 Å². The SMILES string of the molecule is CCc1c(C(=O)OCC(=O)c2ccccc2OC)cnc2ncnn12. The fraction of sp³-hybridized carbons (Fsp3) is 0.235. The van der Waals surface area contributed by atoms with Crippen LogP contribution in [0.5, 0.6) is 5.75 Å². The van der Waals surface area contributed by atoms with Crippen molar-refractivity contribution in [3.05, 3.63) is 53.6 Å². The van der Waals surface area contributed by atoms with Gasteiger partial charge in [-0.05, 0) is 18.6 Å². The zero-order valence-corrected chi connectivity index (χ0v) is 13.8. The minimum absolute atomic E-state index is 0.258. The molecule has 0 fully saturated rings. The highest BCUT2D eigenvalue weighted by Gasteiger charge is 2.19. The molecule has 0 spiro atoms. The molecule has 8 heteroatoms. The van der Waals surface area contributed by atoms with Crippen molar-refractivity contribution in [1.82, 2.24) is 19.6 Å². The summed E-state index contributed by atoms with van der Waals surface area (Å²) in [5, 5.41) is 4.05. The van der Waals surface area contributed by atoms with E-state index in [2.05, 4.69) is 15.1 Å².